The predicted octanol–water partition coefficient (Wildman–Crippen LogP) is 2.97. The van der Waals surface area contributed by atoms with Crippen LogP contribution in [0.1, 0.15) is 31.1 Å². The summed E-state index contributed by atoms with van der Waals surface area (Å²) >= 11 is 0. The Morgan fingerprint density at radius 1 is 1.41 bits per heavy atom. The highest BCUT2D eigenvalue weighted by Crippen LogP contribution is 2.46. The van der Waals surface area contributed by atoms with Gasteiger partial charge in [0, 0.05) is 29.7 Å². The maximum atomic E-state index is 12.5. The minimum Gasteiger partial charge on any atom is -0.467 e. The van der Waals surface area contributed by atoms with Gasteiger partial charge in [-0.2, -0.15) is 0 Å². The molecule has 0 radical (unpaired) electrons. The van der Waals surface area contributed by atoms with E-state index < -0.39 is 0 Å². The number of hydrogen-bond acceptors (Lipinski definition) is 3. The molecule has 2 aromatic rings. The van der Waals surface area contributed by atoms with E-state index in [1.165, 1.54) is 23.8 Å². The molecule has 4 heteroatoms. The monoisotopic (exact) mass is 296 g/mol. The van der Waals surface area contributed by atoms with Gasteiger partial charge in [0.1, 0.15) is 6.04 Å². The molecular weight excluding hydrogens is 276 g/mol. The molecule has 0 aliphatic carbocycles. The van der Waals surface area contributed by atoms with E-state index in [0.29, 0.717) is 6.04 Å². The highest BCUT2D eigenvalue weighted by atomic mass is 16.5. The third-order valence-electron chi connectivity index (χ3n) is 5.13. The van der Waals surface area contributed by atoms with Crippen LogP contribution in [-0.2, 0) is 9.53 Å². The van der Waals surface area contributed by atoms with Crippen LogP contribution in [0.25, 0.3) is 10.9 Å². The van der Waals surface area contributed by atoms with Gasteiger partial charge in [-0.1, -0.05) is 29.8 Å². The second-order valence-corrected chi connectivity index (χ2v) is 6.11. The number of hydrogen-bond donors (Lipinski definition) is 1. The van der Waals surface area contributed by atoms with Gasteiger partial charge in [-0.3, -0.25) is 0 Å². The zero-order chi connectivity index (χ0) is 15.3. The summed E-state index contributed by atoms with van der Waals surface area (Å²) in [6.45, 7) is 2.90. The van der Waals surface area contributed by atoms with Crippen LogP contribution in [0.15, 0.2) is 42.0 Å². The third-order valence-corrected chi connectivity index (χ3v) is 5.13. The summed E-state index contributed by atoms with van der Waals surface area (Å²) in [4.78, 5) is 12.5. The molecule has 2 aliphatic heterocycles. The van der Waals surface area contributed by atoms with Crippen LogP contribution in [0.4, 0.5) is 0 Å². The number of carbonyl (C=O) groups is 1. The van der Waals surface area contributed by atoms with E-state index in [2.05, 4.69) is 41.1 Å². The number of piperidine rings is 1. The van der Waals surface area contributed by atoms with Gasteiger partial charge < -0.3 is 14.6 Å². The summed E-state index contributed by atoms with van der Waals surface area (Å²) in [5.74, 6) is 0.0688. The molecule has 114 valence electrons. The molecular formula is C18H20N2O2. The Morgan fingerprint density at radius 2 is 2.23 bits per heavy atom. The molecule has 0 unspecified atom stereocenters. The van der Waals surface area contributed by atoms with Crippen LogP contribution in [0.3, 0.4) is 0 Å². The number of nitrogens with zero attached hydrogens (tertiary/aromatic N) is 1. The van der Waals surface area contributed by atoms with E-state index in [1.807, 2.05) is 12.1 Å². The molecule has 0 saturated carbocycles. The van der Waals surface area contributed by atoms with Gasteiger partial charge in [-0.15, -0.1) is 0 Å². The molecule has 2 aliphatic rings. The number of methoxy groups -OCH3 is 1. The number of ether oxygens (including phenoxy) is 1. The Bertz CT molecular complexity index is 774. The number of nitrogens with one attached hydrogen (secondary N) is 1. The zero-order valence-electron chi connectivity index (χ0n) is 12.9. The van der Waals surface area contributed by atoms with Crippen molar-refractivity contribution in [2.24, 2.45) is 5.92 Å². The van der Waals surface area contributed by atoms with E-state index in [-0.39, 0.29) is 17.9 Å². The Labute approximate surface area is 129 Å². The SMILES string of the molecule is C/C=C1/CN[C@H]2C[C@@H]1[C@@H](C(=O)OC)n1c2cc2ccccc21. The maximum Gasteiger partial charge on any atom is 0.329 e. The van der Waals surface area contributed by atoms with Crippen molar-refractivity contribution in [1.29, 1.82) is 0 Å². The summed E-state index contributed by atoms with van der Waals surface area (Å²) in [5, 5.41) is 4.79. The lowest BCUT2D eigenvalue weighted by Crippen LogP contribution is -2.45. The number of aromatic nitrogens is 1. The normalized spacial score (nSPS) is 28.6. The second-order valence-electron chi connectivity index (χ2n) is 6.11. The average Bonchev–Trinajstić information content (AvgIpc) is 2.95. The molecule has 4 rings (SSSR count). The Balaban J connectivity index is 1.98. The quantitative estimate of drug-likeness (QED) is 0.650. The number of rotatable bonds is 1. The smallest absolute Gasteiger partial charge is 0.329 e. The van der Waals surface area contributed by atoms with E-state index in [4.69, 9.17) is 4.74 Å². The lowest BCUT2D eigenvalue weighted by molar-refractivity contribution is -0.146. The first-order valence-electron chi connectivity index (χ1n) is 7.80. The summed E-state index contributed by atoms with van der Waals surface area (Å²) in [6.07, 6.45) is 3.09. The minimum absolute atomic E-state index is 0.146. The maximum absolute atomic E-state index is 12.5. The Morgan fingerprint density at radius 3 is 3.00 bits per heavy atom. The predicted molar refractivity (Wildman–Crippen MR) is 85.6 cm³/mol. The first-order chi connectivity index (χ1) is 10.7. The minimum atomic E-state index is -0.260. The van der Waals surface area contributed by atoms with Gasteiger partial charge in [-0.25, -0.2) is 4.79 Å². The van der Waals surface area contributed by atoms with Crippen molar-refractivity contribution in [2.45, 2.75) is 25.4 Å². The molecule has 0 spiro atoms. The number of carbonyl (C=O) groups excluding carboxylic acids is 1. The number of benzene rings is 1. The van der Waals surface area contributed by atoms with Crippen molar-refractivity contribution in [3.8, 4) is 0 Å². The van der Waals surface area contributed by atoms with Crippen molar-refractivity contribution in [1.82, 2.24) is 9.88 Å². The van der Waals surface area contributed by atoms with Crippen LogP contribution in [0, 0.1) is 5.92 Å². The average molecular weight is 296 g/mol. The fourth-order valence-electron chi connectivity index (χ4n) is 4.08. The molecule has 3 heterocycles. The zero-order valence-corrected chi connectivity index (χ0v) is 12.9. The Hall–Kier alpha value is -2.07. The summed E-state index contributed by atoms with van der Waals surface area (Å²) in [6, 6.07) is 10.5. The topological polar surface area (TPSA) is 43.3 Å². The number of esters is 1. The molecule has 1 aromatic carbocycles. The summed E-state index contributed by atoms with van der Waals surface area (Å²) in [7, 11) is 1.48. The fourth-order valence-corrected chi connectivity index (χ4v) is 4.08. The van der Waals surface area contributed by atoms with Crippen LogP contribution in [0.5, 0.6) is 0 Å². The molecule has 1 saturated heterocycles. The molecule has 1 aromatic heterocycles. The fraction of sp³-hybridized carbons (Fsp3) is 0.389. The number of fused-ring (bicyclic) bond motifs is 6. The van der Waals surface area contributed by atoms with E-state index in [0.717, 1.165) is 18.5 Å². The molecule has 3 atom stereocenters. The van der Waals surface area contributed by atoms with Gasteiger partial charge in [0.15, 0.2) is 0 Å². The van der Waals surface area contributed by atoms with Crippen LogP contribution < -0.4 is 5.32 Å². The highest BCUT2D eigenvalue weighted by molar-refractivity contribution is 5.85. The van der Waals surface area contributed by atoms with Crippen molar-refractivity contribution in [3.63, 3.8) is 0 Å². The van der Waals surface area contributed by atoms with E-state index in [9.17, 15) is 4.79 Å². The van der Waals surface area contributed by atoms with Crippen LogP contribution in [0.2, 0.25) is 0 Å². The van der Waals surface area contributed by atoms with Gasteiger partial charge in [0.2, 0.25) is 0 Å². The molecule has 22 heavy (non-hydrogen) atoms. The second kappa shape index (κ2) is 4.99. The molecule has 0 amide bonds. The lowest BCUT2D eigenvalue weighted by Gasteiger charge is -2.43. The molecule has 2 bridgehead atoms. The van der Waals surface area contributed by atoms with Gasteiger partial charge >= 0.3 is 5.97 Å². The van der Waals surface area contributed by atoms with Crippen molar-refractivity contribution in [3.05, 3.63) is 47.7 Å². The number of para-hydroxylation sites is 1. The van der Waals surface area contributed by atoms with Gasteiger partial charge in [-0.05, 0) is 30.9 Å². The molecule has 1 fully saturated rings. The van der Waals surface area contributed by atoms with Gasteiger partial charge in [0.25, 0.3) is 0 Å². The Kier molecular flexibility index (Phi) is 3.08. The largest absolute Gasteiger partial charge is 0.467 e. The summed E-state index contributed by atoms with van der Waals surface area (Å²) < 4.78 is 7.33. The lowest BCUT2D eigenvalue weighted by atomic mass is 9.78. The van der Waals surface area contributed by atoms with Crippen molar-refractivity contribution in [2.75, 3.05) is 13.7 Å². The van der Waals surface area contributed by atoms with E-state index in [1.54, 1.807) is 0 Å². The first-order valence-corrected chi connectivity index (χ1v) is 7.80. The summed E-state index contributed by atoms with van der Waals surface area (Å²) in [5.41, 5.74) is 3.61. The van der Waals surface area contributed by atoms with Crippen molar-refractivity contribution < 1.29 is 9.53 Å². The van der Waals surface area contributed by atoms with Crippen LogP contribution >= 0.6 is 0 Å². The molecule has 1 N–H and O–H groups in total. The van der Waals surface area contributed by atoms with Gasteiger partial charge in [0.05, 0.1) is 7.11 Å². The molecule has 4 nitrogen and oxygen atoms in total. The van der Waals surface area contributed by atoms with Crippen molar-refractivity contribution >= 4 is 16.9 Å². The standard InChI is InChI=1S/C18H20N2O2/c1-3-11-10-19-14-9-13(11)17(18(21)22-2)20-15-7-5-4-6-12(15)8-16(14)20/h3-8,13-14,17,19H,9-10H2,1-2H3/b11-3-/t13-,14-,17-/m0/s1. The van der Waals surface area contributed by atoms with E-state index >= 15 is 0 Å². The van der Waals surface area contributed by atoms with Crippen LogP contribution in [-0.4, -0.2) is 24.2 Å². The third kappa shape index (κ3) is 1.77. The number of allylic oxidation sites excluding steroid dienone is 1. The first kappa shape index (κ1) is 13.6. The highest BCUT2D eigenvalue weighted by Gasteiger charge is 2.44.